The van der Waals surface area contributed by atoms with Crippen molar-refractivity contribution in [3.63, 3.8) is 0 Å². The van der Waals surface area contributed by atoms with E-state index >= 15 is 0 Å². The number of anilines is 2. The molecule has 1 unspecified atom stereocenters. The number of morpholine rings is 1. The fraction of sp³-hybridized carbons (Fsp3) is 0.414. The number of aromatic nitrogens is 2. The molecule has 2 saturated heterocycles. The lowest BCUT2D eigenvalue weighted by atomic mass is 9.82. The Balaban J connectivity index is 1.55. The van der Waals surface area contributed by atoms with Crippen molar-refractivity contribution in [1.82, 2.24) is 9.97 Å². The number of amides is 1. The summed E-state index contributed by atoms with van der Waals surface area (Å²) in [5.74, 6) is 0.875. The van der Waals surface area contributed by atoms with Gasteiger partial charge in [-0.25, -0.2) is 9.78 Å². The third-order valence-corrected chi connectivity index (χ3v) is 9.35. The number of cyclic esters (lactones) is 1. The van der Waals surface area contributed by atoms with E-state index in [9.17, 15) is 4.79 Å². The van der Waals surface area contributed by atoms with E-state index < -0.39 is 27.3 Å². The highest BCUT2D eigenvalue weighted by Gasteiger charge is 2.50. The Kier molecular flexibility index (Phi) is 8.23. The second kappa shape index (κ2) is 11.6. The van der Waals surface area contributed by atoms with Crippen LogP contribution in [0, 0.1) is 5.41 Å². The van der Waals surface area contributed by atoms with Gasteiger partial charge in [-0.05, 0) is 22.7 Å². The van der Waals surface area contributed by atoms with Gasteiger partial charge in [0.05, 0.1) is 19.3 Å². The highest BCUT2D eigenvalue weighted by atomic mass is 35.5. The van der Waals surface area contributed by atoms with Crippen LogP contribution < -0.4 is 20.2 Å². The number of carbonyl (C=O) groups excluding carboxylic acids is 1. The van der Waals surface area contributed by atoms with Gasteiger partial charge in [-0.15, -0.1) is 0 Å². The molecule has 3 atom stereocenters. The quantitative estimate of drug-likeness (QED) is 0.317. The summed E-state index contributed by atoms with van der Waals surface area (Å²) < 4.78 is 18.4. The lowest BCUT2D eigenvalue weighted by molar-refractivity contribution is 0.0379. The fourth-order valence-electron chi connectivity index (χ4n) is 5.03. The average molecular weight is 566 g/mol. The largest absolute Gasteiger partial charge is 0.444 e. The Morgan fingerprint density at radius 1 is 1.00 bits per heavy atom. The van der Waals surface area contributed by atoms with Crippen LogP contribution in [0.25, 0.3) is 0 Å². The second-order valence-electron chi connectivity index (χ2n) is 10.9. The molecule has 39 heavy (non-hydrogen) atoms. The van der Waals surface area contributed by atoms with Gasteiger partial charge in [-0.3, -0.25) is 4.90 Å². The molecule has 0 N–H and O–H groups in total. The molecule has 2 aromatic carbocycles. The summed E-state index contributed by atoms with van der Waals surface area (Å²) in [6.07, 6.45) is -1.29. The Labute approximate surface area is 236 Å². The number of carbonyl (C=O) groups is 1. The van der Waals surface area contributed by atoms with Crippen molar-refractivity contribution in [1.29, 1.82) is 0 Å². The van der Waals surface area contributed by atoms with Crippen LogP contribution in [0.15, 0.2) is 66.7 Å². The maximum Gasteiger partial charge on any atom is 0.416 e. The van der Waals surface area contributed by atoms with Crippen LogP contribution in [-0.4, -0.2) is 69.7 Å². The number of benzene rings is 2. The first kappa shape index (κ1) is 27.6. The number of hydrogen-bond donors (Lipinski definition) is 0. The van der Waals surface area contributed by atoms with Gasteiger partial charge in [0.2, 0.25) is 5.95 Å². The number of halogens is 1. The molecule has 10 heteroatoms. The Hall–Kier alpha value is -2.98. The first-order valence-electron chi connectivity index (χ1n) is 13.2. The van der Waals surface area contributed by atoms with Crippen LogP contribution >= 0.6 is 11.6 Å². The predicted molar refractivity (Wildman–Crippen MR) is 155 cm³/mol. The van der Waals surface area contributed by atoms with Crippen molar-refractivity contribution in [3.05, 3.63) is 71.9 Å². The van der Waals surface area contributed by atoms with E-state index in [2.05, 4.69) is 50.0 Å². The van der Waals surface area contributed by atoms with Crippen molar-refractivity contribution in [2.45, 2.75) is 45.9 Å². The van der Waals surface area contributed by atoms with Crippen LogP contribution in [0.1, 0.15) is 27.7 Å². The van der Waals surface area contributed by atoms with Crippen LogP contribution in [0.4, 0.5) is 16.6 Å². The van der Waals surface area contributed by atoms with E-state index in [1.807, 2.05) is 48.2 Å². The number of hydrogen-bond acceptors (Lipinski definition) is 7. The smallest absolute Gasteiger partial charge is 0.416 e. The maximum absolute atomic E-state index is 13.4. The molecule has 5 rings (SSSR count). The molecule has 2 aliphatic heterocycles. The van der Waals surface area contributed by atoms with Crippen molar-refractivity contribution in [2.24, 2.45) is 5.41 Å². The van der Waals surface area contributed by atoms with E-state index in [1.165, 1.54) is 0 Å². The molecule has 3 aromatic rings. The van der Waals surface area contributed by atoms with E-state index in [1.54, 1.807) is 11.0 Å². The summed E-state index contributed by atoms with van der Waals surface area (Å²) in [6, 6.07) is 21.8. The van der Waals surface area contributed by atoms with Crippen LogP contribution in [-0.2, 0) is 13.9 Å². The SMILES string of the molecule is C[C@@H]1OC(=O)N(c2cc(Cl)nc(N3CCOCC3)n2)[C@@H]1C(O[Si](c1ccccc1)c1ccccc1)C(C)(C)C. The van der Waals surface area contributed by atoms with Gasteiger partial charge in [0.15, 0.2) is 0 Å². The number of ether oxygens (including phenoxy) is 2. The van der Waals surface area contributed by atoms with Crippen molar-refractivity contribution in [3.8, 4) is 0 Å². The molecule has 2 aliphatic rings. The first-order valence-corrected chi connectivity index (χ1v) is 15.0. The number of nitrogens with zero attached hydrogens (tertiary/aromatic N) is 4. The minimum atomic E-state index is -1.67. The van der Waals surface area contributed by atoms with Crippen molar-refractivity contribution in [2.75, 3.05) is 36.1 Å². The molecule has 0 bridgehead atoms. The van der Waals surface area contributed by atoms with Gasteiger partial charge < -0.3 is 18.8 Å². The van der Waals surface area contributed by atoms with E-state index in [4.69, 9.17) is 30.5 Å². The molecule has 0 saturated carbocycles. The van der Waals surface area contributed by atoms with Gasteiger partial charge in [0.25, 0.3) is 9.04 Å². The second-order valence-corrected chi connectivity index (χ2v) is 13.3. The molecule has 1 radical (unpaired) electrons. The molecular formula is C29H34ClN4O4Si. The zero-order valence-corrected chi connectivity index (χ0v) is 24.5. The molecule has 2 fully saturated rings. The monoisotopic (exact) mass is 565 g/mol. The fourth-order valence-corrected chi connectivity index (χ4v) is 7.55. The van der Waals surface area contributed by atoms with Crippen molar-refractivity contribution >= 4 is 48.9 Å². The summed E-state index contributed by atoms with van der Waals surface area (Å²) in [5.41, 5.74) is -0.339. The van der Waals surface area contributed by atoms with Gasteiger partial charge in [0, 0.05) is 19.2 Å². The Morgan fingerprint density at radius 2 is 1.59 bits per heavy atom. The zero-order valence-electron chi connectivity index (χ0n) is 22.7. The molecular weight excluding hydrogens is 532 g/mol. The minimum absolute atomic E-state index is 0.263. The molecule has 8 nitrogen and oxygen atoms in total. The summed E-state index contributed by atoms with van der Waals surface area (Å²) in [6.45, 7) is 10.8. The Morgan fingerprint density at radius 3 is 2.15 bits per heavy atom. The van der Waals surface area contributed by atoms with E-state index in [-0.39, 0.29) is 16.7 Å². The highest BCUT2D eigenvalue weighted by Crippen LogP contribution is 2.37. The minimum Gasteiger partial charge on any atom is -0.444 e. The standard InChI is InChI=1S/C29H34ClN4O4Si/c1-20-25(34(28(35)37-20)24-19-23(30)31-27(32-24)33-15-17-36-18-16-33)26(29(2,3)4)38-39(21-11-7-5-8-12-21)22-13-9-6-10-14-22/h5-14,19-20,25-26H,15-18H2,1-4H3/t20-,25-,26?/m0/s1. The normalized spacial score (nSPS) is 20.8. The van der Waals surface area contributed by atoms with Crippen LogP contribution in [0.5, 0.6) is 0 Å². The molecule has 0 aliphatic carbocycles. The molecule has 0 spiro atoms. The van der Waals surface area contributed by atoms with Gasteiger partial charge in [-0.2, -0.15) is 4.98 Å². The summed E-state index contributed by atoms with van der Waals surface area (Å²) >= 11 is 6.48. The third kappa shape index (κ3) is 6.11. The summed E-state index contributed by atoms with van der Waals surface area (Å²) in [4.78, 5) is 26.2. The number of rotatable bonds is 7. The lowest BCUT2D eigenvalue weighted by Crippen LogP contribution is -2.58. The topological polar surface area (TPSA) is 77.0 Å². The molecule has 3 heterocycles. The summed E-state index contributed by atoms with van der Waals surface area (Å²) in [5, 5.41) is 2.53. The molecule has 1 aromatic heterocycles. The maximum atomic E-state index is 13.4. The van der Waals surface area contributed by atoms with Gasteiger partial charge >= 0.3 is 6.09 Å². The molecule has 205 valence electrons. The average Bonchev–Trinajstić information content (AvgIpc) is 3.22. The van der Waals surface area contributed by atoms with Gasteiger partial charge in [-0.1, -0.05) is 93.0 Å². The van der Waals surface area contributed by atoms with Crippen LogP contribution in [0.3, 0.4) is 0 Å². The predicted octanol–water partition coefficient (Wildman–Crippen LogP) is 3.92. The molecule has 1 amide bonds. The zero-order chi connectivity index (χ0) is 27.6. The lowest BCUT2D eigenvalue weighted by Gasteiger charge is -2.41. The Bertz CT molecular complexity index is 1230. The highest BCUT2D eigenvalue weighted by molar-refractivity contribution is 6.80. The van der Waals surface area contributed by atoms with Crippen molar-refractivity contribution < 1.29 is 18.7 Å². The van der Waals surface area contributed by atoms with Gasteiger partial charge in [0.1, 0.15) is 23.1 Å². The van der Waals surface area contributed by atoms with Crippen LogP contribution in [0.2, 0.25) is 5.15 Å². The van der Waals surface area contributed by atoms with E-state index in [0.717, 1.165) is 10.4 Å². The van der Waals surface area contributed by atoms with E-state index in [0.29, 0.717) is 38.1 Å². The first-order chi connectivity index (χ1) is 18.7. The summed E-state index contributed by atoms with van der Waals surface area (Å²) in [7, 11) is -1.67. The third-order valence-electron chi connectivity index (χ3n) is 6.95.